The van der Waals surface area contributed by atoms with Crippen molar-refractivity contribution in [2.75, 3.05) is 18.5 Å². The second-order valence-corrected chi connectivity index (χ2v) is 9.13. The van der Waals surface area contributed by atoms with Crippen LogP contribution in [0.2, 0.25) is 0 Å². The average molecular weight is 520 g/mol. The molecule has 3 aromatic carbocycles. The molecule has 0 aromatic heterocycles. The summed E-state index contributed by atoms with van der Waals surface area (Å²) in [5.41, 5.74) is 2.58. The summed E-state index contributed by atoms with van der Waals surface area (Å²) in [6, 6.07) is 13.8. The molecule has 0 fully saturated rings. The first-order valence-corrected chi connectivity index (χ1v) is 12.2. The molecule has 3 aromatic rings. The van der Waals surface area contributed by atoms with Crippen molar-refractivity contribution in [2.24, 2.45) is 5.92 Å². The molecule has 0 heterocycles. The third-order valence-electron chi connectivity index (χ3n) is 5.90. The lowest BCUT2D eigenvalue weighted by atomic mass is 9.96. The zero-order chi connectivity index (χ0) is 27.0. The van der Waals surface area contributed by atoms with Gasteiger partial charge in [0.2, 0.25) is 0 Å². The Morgan fingerprint density at radius 3 is 2.22 bits per heavy atom. The van der Waals surface area contributed by atoms with Crippen LogP contribution >= 0.6 is 0 Å². The van der Waals surface area contributed by atoms with Gasteiger partial charge in [0, 0.05) is 18.3 Å². The smallest absolute Gasteiger partial charge is 0.416 e. The number of carbonyl (C=O) groups excluding carboxylic acids is 1. The Bertz CT molecular complexity index is 1170. The minimum Gasteiger partial charge on any atom is -0.466 e. The molecule has 0 spiro atoms. The Kier molecular flexibility index (Phi) is 9.66. The zero-order valence-corrected chi connectivity index (χ0v) is 20.8. The van der Waals surface area contributed by atoms with Crippen LogP contribution in [0, 0.1) is 17.6 Å². The Hall–Kier alpha value is -3.42. The maximum absolute atomic E-state index is 13.4. The van der Waals surface area contributed by atoms with E-state index in [2.05, 4.69) is 5.32 Å². The topological polar surface area (TPSA) is 38.3 Å². The number of carbonyl (C=O) groups is 1. The fourth-order valence-corrected chi connectivity index (χ4v) is 4.21. The summed E-state index contributed by atoms with van der Waals surface area (Å²) in [6.45, 7) is 4.60. The van der Waals surface area contributed by atoms with Crippen LogP contribution in [-0.2, 0) is 28.5 Å². The monoisotopic (exact) mass is 519 g/mol. The normalized spacial score (nSPS) is 12.3. The number of ether oxygens (including phenoxy) is 1. The van der Waals surface area contributed by atoms with E-state index < -0.39 is 23.4 Å². The number of esters is 1. The van der Waals surface area contributed by atoms with Gasteiger partial charge in [-0.25, -0.2) is 8.78 Å². The number of hydrogen-bond acceptors (Lipinski definition) is 3. The number of anilines is 1. The Morgan fingerprint density at radius 1 is 0.919 bits per heavy atom. The number of benzene rings is 3. The van der Waals surface area contributed by atoms with E-state index in [1.165, 1.54) is 24.3 Å². The largest absolute Gasteiger partial charge is 0.466 e. The van der Waals surface area contributed by atoms with Gasteiger partial charge in [0.15, 0.2) is 0 Å². The fourth-order valence-electron chi connectivity index (χ4n) is 4.21. The lowest BCUT2D eigenvalue weighted by molar-refractivity contribution is -0.142. The van der Waals surface area contributed by atoms with Crippen molar-refractivity contribution in [3.05, 3.63) is 89.0 Å². The van der Waals surface area contributed by atoms with Crippen LogP contribution in [0.3, 0.4) is 0 Å². The number of alkyl halides is 3. The minimum absolute atomic E-state index is 0.0399. The molecule has 0 radical (unpaired) electrons. The molecule has 37 heavy (non-hydrogen) atoms. The maximum atomic E-state index is 13.4. The Morgan fingerprint density at radius 2 is 1.59 bits per heavy atom. The van der Waals surface area contributed by atoms with Crippen molar-refractivity contribution in [3.63, 3.8) is 0 Å². The summed E-state index contributed by atoms with van der Waals surface area (Å²) < 4.78 is 70.8. The quantitative estimate of drug-likeness (QED) is 0.159. The zero-order valence-electron chi connectivity index (χ0n) is 20.8. The predicted molar refractivity (Wildman–Crippen MR) is 134 cm³/mol. The van der Waals surface area contributed by atoms with E-state index in [1.807, 2.05) is 19.1 Å². The van der Waals surface area contributed by atoms with Crippen molar-refractivity contribution >= 4 is 11.7 Å². The molecule has 0 aliphatic heterocycles. The van der Waals surface area contributed by atoms with Crippen molar-refractivity contribution < 1.29 is 31.5 Å². The molecule has 0 aliphatic carbocycles. The molecular formula is C29H30F5NO2. The number of hydrogen-bond donors (Lipinski definition) is 1. The molecule has 0 saturated heterocycles. The van der Waals surface area contributed by atoms with Gasteiger partial charge in [-0.3, -0.25) is 4.79 Å². The highest BCUT2D eigenvalue weighted by Gasteiger charge is 2.30. The first-order valence-electron chi connectivity index (χ1n) is 12.2. The van der Waals surface area contributed by atoms with E-state index >= 15 is 0 Å². The lowest BCUT2D eigenvalue weighted by Gasteiger charge is -2.15. The van der Waals surface area contributed by atoms with Crippen LogP contribution in [0.5, 0.6) is 0 Å². The van der Waals surface area contributed by atoms with E-state index in [4.69, 9.17) is 4.74 Å². The van der Waals surface area contributed by atoms with E-state index in [-0.39, 0.29) is 24.9 Å². The SMILES string of the molecule is CCOC(=O)Cc1cc(NCCCC(C)Cc2cc(F)cc(F)c2)cc(-c2ccc(C(F)(F)F)cc2)c1. The van der Waals surface area contributed by atoms with Crippen molar-refractivity contribution in [3.8, 4) is 11.1 Å². The maximum Gasteiger partial charge on any atom is 0.416 e. The molecule has 0 aliphatic rings. The third-order valence-corrected chi connectivity index (χ3v) is 5.90. The Balaban J connectivity index is 1.67. The van der Waals surface area contributed by atoms with E-state index in [9.17, 15) is 26.7 Å². The minimum atomic E-state index is -4.42. The van der Waals surface area contributed by atoms with Crippen LogP contribution in [0.4, 0.5) is 27.6 Å². The molecule has 1 atom stereocenters. The second-order valence-electron chi connectivity index (χ2n) is 9.13. The van der Waals surface area contributed by atoms with Gasteiger partial charge < -0.3 is 10.1 Å². The molecule has 3 rings (SSSR count). The summed E-state index contributed by atoms with van der Waals surface area (Å²) in [4.78, 5) is 12.0. The summed E-state index contributed by atoms with van der Waals surface area (Å²) in [5.74, 6) is -1.35. The second kappa shape index (κ2) is 12.7. The lowest BCUT2D eigenvalue weighted by Crippen LogP contribution is -2.09. The van der Waals surface area contributed by atoms with Crippen molar-refractivity contribution in [2.45, 2.75) is 45.7 Å². The number of rotatable bonds is 11. The highest BCUT2D eigenvalue weighted by molar-refractivity contribution is 5.76. The average Bonchev–Trinajstić information content (AvgIpc) is 2.81. The molecule has 0 saturated carbocycles. The standard InChI is InChI=1S/C29H30F5NO2/c1-3-37-28(36)16-21-12-23(22-6-8-24(9-7-22)29(32,33)34)17-27(15-21)35-10-4-5-19(2)11-20-13-25(30)18-26(31)14-20/h6-9,12-15,17-19,35H,3-5,10-11,16H2,1-2H3. The molecule has 1 unspecified atom stereocenters. The van der Waals surface area contributed by atoms with Gasteiger partial charge in [-0.15, -0.1) is 0 Å². The molecule has 0 bridgehead atoms. The van der Waals surface area contributed by atoms with Crippen LogP contribution < -0.4 is 5.32 Å². The van der Waals surface area contributed by atoms with Crippen LogP contribution in [-0.4, -0.2) is 19.1 Å². The van der Waals surface area contributed by atoms with Gasteiger partial charge in [-0.2, -0.15) is 13.2 Å². The molecule has 3 nitrogen and oxygen atoms in total. The first kappa shape index (κ1) is 28.2. The van der Waals surface area contributed by atoms with Gasteiger partial charge in [0.25, 0.3) is 0 Å². The molecule has 198 valence electrons. The molecular weight excluding hydrogens is 489 g/mol. The van der Waals surface area contributed by atoms with Crippen LogP contribution in [0.1, 0.15) is 43.4 Å². The van der Waals surface area contributed by atoms with Gasteiger partial charge in [-0.1, -0.05) is 25.1 Å². The van der Waals surface area contributed by atoms with Gasteiger partial charge in [-0.05, 0) is 90.8 Å². The van der Waals surface area contributed by atoms with E-state index in [0.717, 1.165) is 36.7 Å². The highest BCUT2D eigenvalue weighted by atomic mass is 19.4. The summed E-state index contributed by atoms with van der Waals surface area (Å²) >= 11 is 0. The predicted octanol–water partition coefficient (Wildman–Crippen LogP) is 7.83. The van der Waals surface area contributed by atoms with Gasteiger partial charge in [0.05, 0.1) is 18.6 Å². The Labute approximate surface area is 213 Å². The molecule has 8 heteroatoms. The summed E-state index contributed by atoms with van der Waals surface area (Å²) in [7, 11) is 0. The summed E-state index contributed by atoms with van der Waals surface area (Å²) in [6.07, 6.45) is -2.22. The van der Waals surface area contributed by atoms with E-state index in [1.54, 1.807) is 13.0 Å². The summed E-state index contributed by atoms with van der Waals surface area (Å²) in [5, 5.41) is 3.32. The molecule has 1 N–H and O–H groups in total. The van der Waals surface area contributed by atoms with Crippen molar-refractivity contribution in [1.29, 1.82) is 0 Å². The first-order chi connectivity index (χ1) is 17.5. The van der Waals surface area contributed by atoms with Gasteiger partial charge in [0.1, 0.15) is 11.6 Å². The third kappa shape index (κ3) is 8.88. The number of halogens is 5. The van der Waals surface area contributed by atoms with E-state index in [0.29, 0.717) is 35.2 Å². The van der Waals surface area contributed by atoms with Crippen LogP contribution in [0.25, 0.3) is 11.1 Å². The molecule has 0 amide bonds. The van der Waals surface area contributed by atoms with Crippen molar-refractivity contribution in [1.82, 2.24) is 0 Å². The van der Waals surface area contributed by atoms with Crippen LogP contribution in [0.15, 0.2) is 60.7 Å². The van der Waals surface area contributed by atoms with Gasteiger partial charge >= 0.3 is 12.1 Å². The highest BCUT2D eigenvalue weighted by Crippen LogP contribution is 2.32. The fraction of sp³-hybridized carbons (Fsp3) is 0.345. The number of nitrogens with one attached hydrogen (secondary N) is 1.